The van der Waals surface area contributed by atoms with Gasteiger partial charge in [-0.2, -0.15) is 0 Å². The van der Waals surface area contributed by atoms with Crippen LogP contribution in [-0.2, 0) is 4.79 Å². The lowest BCUT2D eigenvalue weighted by Gasteiger charge is -2.04. The molecule has 0 saturated heterocycles. The Morgan fingerprint density at radius 1 is 1.36 bits per heavy atom. The van der Waals surface area contributed by atoms with E-state index in [9.17, 15) is 4.79 Å². The van der Waals surface area contributed by atoms with E-state index < -0.39 is 5.97 Å². The molecule has 0 atom stereocenters. The summed E-state index contributed by atoms with van der Waals surface area (Å²) in [6.45, 7) is -0.315. The van der Waals surface area contributed by atoms with Crippen molar-refractivity contribution in [1.82, 2.24) is 4.40 Å². The minimum Gasteiger partial charge on any atom is -0.480 e. The Hall–Kier alpha value is -1.97. The van der Waals surface area contributed by atoms with Crippen LogP contribution in [0.2, 0.25) is 0 Å². The number of hydrogen-bond donors (Lipinski definition) is 1. The van der Waals surface area contributed by atoms with Gasteiger partial charge in [0.25, 0.3) is 0 Å². The minimum absolute atomic E-state index is 0.315. The summed E-state index contributed by atoms with van der Waals surface area (Å²) in [5.41, 5.74) is 0.869. The molecule has 14 heavy (non-hydrogen) atoms. The minimum atomic E-state index is -0.974. The molecular formula is C10H9NO3. The summed E-state index contributed by atoms with van der Waals surface area (Å²) in [7, 11) is 0. The topological polar surface area (TPSA) is 50.9 Å². The standard InChI is InChI=1S/C10H9NO3/c12-10(13)7-14-9-4-2-6-11-5-1-3-8(9)11/h1-6H,7H2,(H,12,13). The number of fused-ring (bicyclic) bond motifs is 1. The molecule has 4 heteroatoms. The molecule has 0 aliphatic heterocycles. The highest BCUT2D eigenvalue weighted by atomic mass is 16.5. The number of aromatic nitrogens is 1. The lowest BCUT2D eigenvalue weighted by atomic mass is 10.4. The number of carboxylic acids is 1. The predicted octanol–water partition coefficient (Wildman–Crippen LogP) is 1.40. The second kappa shape index (κ2) is 3.41. The molecule has 72 valence electrons. The molecule has 0 saturated carbocycles. The Bertz CT molecular complexity index is 461. The zero-order valence-electron chi connectivity index (χ0n) is 7.38. The molecule has 4 nitrogen and oxygen atoms in total. The van der Waals surface area contributed by atoms with Gasteiger partial charge in [-0.3, -0.25) is 0 Å². The molecule has 0 aromatic carbocycles. The molecule has 0 aliphatic carbocycles. The largest absolute Gasteiger partial charge is 0.480 e. The molecule has 2 aromatic rings. The lowest BCUT2D eigenvalue weighted by molar-refractivity contribution is -0.139. The third-order valence-corrected chi connectivity index (χ3v) is 1.88. The van der Waals surface area contributed by atoms with Crippen molar-refractivity contribution in [2.75, 3.05) is 6.61 Å². The number of hydrogen-bond acceptors (Lipinski definition) is 2. The molecular weight excluding hydrogens is 182 g/mol. The first-order valence-corrected chi connectivity index (χ1v) is 4.17. The van der Waals surface area contributed by atoms with Crippen LogP contribution in [0.15, 0.2) is 36.7 Å². The third kappa shape index (κ3) is 1.54. The Labute approximate surface area is 80.3 Å². The first kappa shape index (κ1) is 8.62. The van der Waals surface area contributed by atoms with E-state index in [0.29, 0.717) is 5.75 Å². The van der Waals surface area contributed by atoms with Crippen molar-refractivity contribution in [2.45, 2.75) is 0 Å². The summed E-state index contributed by atoms with van der Waals surface area (Å²) < 4.78 is 6.99. The van der Waals surface area contributed by atoms with Crippen LogP contribution in [0.1, 0.15) is 0 Å². The van der Waals surface area contributed by atoms with E-state index in [0.717, 1.165) is 5.52 Å². The van der Waals surface area contributed by atoms with Crippen molar-refractivity contribution >= 4 is 11.5 Å². The number of carbonyl (C=O) groups is 1. The van der Waals surface area contributed by atoms with Gasteiger partial charge in [0.1, 0.15) is 5.75 Å². The van der Waals surface area contributed by atoms with Gasteiger partial charge in [-0.05, 0) is 24.3 Å². The Balaban J connectivity index is 2.32. The van der Waals surface area contributed by atoms with Gasteiger partial charge in [-0.1, -0.05) is 0 Å². The van der Waals surface area contributed by atoms with E-state index in [1.54, 1.807) is 6.07 Å². The molecule has 0 radical (unpaired) electrons. The molecule has 2 rings (SSSR count). The molecule has 2 aromatic heterocycles. The van der Waals surface area contributed by atoms with E-state index in [2.05, 4.69) is 0 Å². The lowest BCUT2D eigenvalue weighted by Crippen LogP contribution is -2.09. The summed E-state index contributed by atoms with van der Waals surface area (Å²) in [6.07, 6.45) is 3.76. The maximum Gasteiger partial charge on any atom is 0.341 e. The molecule has 0 aliphatic rings. The molecule has 0 unspecified atom stereocenters. The first-order chi connectivity index (χ1) is 6.77. The third-order valence-electron chi connectivity index (χ3n) is 1.88. The molecule has 0 fully saturated rings. The van der Waals surface area contributed by atoms with Crippen LogP contribution in [0.25, 0.3) is 5.52 Å². The van der Waals surface area contributed by atoms with E-state index in [1.807, 2.05) is 35.0 Å². The fraction of sp³-hybridized carbons (Fsp3) is 0.100. The van der Waals surface area contributed by atoms with Gasteiger partial charge < -0.3 is 14.2 Å². The van der Waals surface area contributed by atoms with Gasteiger partial charge >= 0.3 is 5.97 Å². The van der Waals surface area contributed by atoms with Crippen molar-refractivity contribution in [3.05, 3.63) is 36.7 Å². The highest BCUT2D eigenvalue weighted by molar-refractivity contribution is 5.69. The smallest absolute Gasteiger partial charge is 0.341 e. The Kier molecular flexibility index (Phi) is 2.10. The van der Waals surface area contributed by atoms with E-state index in [1.165, 1.54) is 0 Å². The number of ether oxygens (including phenoxy) is 1. The number of pyridine rings is 1. The van der Waals surface area contributed by atoms with Crippen molar-refractivity contribution in [3.63, 3.8) is 0 Å². The SMILES string of the molecule is O=C(O)COc1cccn2cccc12. The highest BCUT2D eigenvalue weighted by Crippen LogP contribution is 2.19. The highest BCUT2D eigenvalue weighted by Gasteiger charge is 2.03. The summed E-state index contributed by atoms with van der Waals surface area (Å²) >= 11 is 0. The van der Waals surface area contributed by atoms with Crippen LogP contribution in [0.3, 0.4) is 0 Å². The van der Waals surface area contributed by atoms with Crippen LogP contribution < -0.4 is 4.74 Å². The molecule has 2 heterocycles. The van der Waals surface area contributed by atoms with Crippen LogP contribution >= 0.6 is 0 Å². The molecule has 0 amide bonds. The fourth-order valence-corrected chi connectivity index (χ4v) is 1.30. The maximum atomic E-state index is 10.3. The van der Waals surface area contributed by atoms with Crippen molar-refractivity contribution < 1.29 is 14.6 Å². The van der Waals surface area contributed by atoms with Crippen molar-refractivity contribution in [3.8, 4) is 5.75 Å². The summed E-state index contributed by atoms with van der Waals surface area (Å²) in [5, 5.41) is 8.47. The zero-order valence-corrected chi connectivity index (χ0v) is 7.38. The Morgan fingerprint density at radius 2 is 2.07 bits per heavy atom. The average Bonchev–Trinajstić information content (AvgIpc) is 2.62. The first-order valence-electron chi connectivity index (χ1n) is 4.17. The second-order valence-corrected chi connectivity index (χ2v) is 2.86. The fourth-order valence-electron chi connectivity index (χ4n) is 1.30. The van der Waals surface area contributed by atoms with Crippen LogP contribution in [-0.4, -0.2) is 22.1 Å². The van der Waals surface area contributed by atoms with Crippen LogP contribution in [0.4, 0.5) is 0 Å². The van der Waals surface area contributed by atoms with Gasteiger partial charge in [-0.15, -0.1) is 0 Å². The summed E-state index contributed by atoms with van der Waals surface area (Å²) in [6, 6.07) is 7.31. The van der Waals surface area contributed by atoms with Crippen molar-refractivity contribution in [1.29, 1.82) is 0 Å². The quantitative estimate of drug-likeness (QED) is 0.797. The summed E-state index contributed by atoms with van der Waals surface area (Å²) in [5.74, 6) is -0.390. The van der Waals surface area contributed by atoms with E-state index in [-0.39, 0.29) is 6.61 Å². The van der Waals surface area contributed by atoms with E-state index in [4.69, 9.17) is 9.84 Å². The van der Waals surface area contributed by atoms with Gasteiger partial charge in [0.05, 0.1) is 5.52 Å². The molecule has 1 N–H and O–H groups in total. The van der Waals surface area contributed by atoms with Crippen LogP contribution in [0, 0.1) is 0 Å². The molecule has 0 spiro atoms. The van der Waals surface area contributed by atoms with Gasteiger partial charge in [0.2, 0.25) is 0 Å². The number of aliphatic carboxylic acids is 1. The molecule has 0 bridgehead atoms. The van der Waals surface area contributed by atoms with Gasteiger partial charge in [-0.25, -0.2) is 4.79 Å². The maximum absolute atomic E-state index is 10.3. The zero-order chi connectivity index (χ0) is 9.97. The average molecular weight is 191 g/mol. The van der Waals surface area contributed by atoms with Gasteiger partial charge in [0.15, 0.2) is 6.61 Å². The van der Waals surface area contributed by atoms with Gasteiger partial charge in [0, 0.05) is 12.4 Å². The number of nitrogens with zero attached hydrogens (tertiary/aromatic N) is 1. The predicted molar refractivity (Wildman–Crippen MR) is 50.5 cm³/mol. The van der Waals surface area contributed by atoms with E-state index >= 15 is 0 Å². The normalized spacial score (nSPS) is 10.3. The monoisotopic (exact) mass is 191 g/mol. The second-order valence-electron chi connectivity index (χ2n) is 2.86. The van der Waals surface area contributed by atoms with Crippen LogP contribution in [0.5, 0.6) is 5.75 Å². The van der Waals surface area contributed by atoms with Crippen molar-refractivity contribution in [2.24, 2.45) is 0 Å². The number of carboxylic acid groups (broad SMARTS) is 1. The summed E-state index contributed by atoms with van der Waals surface area (Å²) in [4.78, 5) is 10.3. The Morgan fingerprint density at radius 3 is 2.79 bits per heavy atom. The number of rotatable bonds is 3.